The molecule has 0 spiro atoms. The average Bonchev–Trinajstić information content (AvgIpc) is 3.78. The van der Waals surface area contributed by atoms with Gasteiger partial charge in [-0.2, -0.15) is 16.8 Å². The largest absolute Gasteiger partial charge is 0.481 e. The first-order valence-corrected chi connectivity index (χ1v) is 25.2. The number of nitrogens with zero attached hydrogens (tertiary/aromatic N) is 4. The summed E-state index contributed by atoms with van der Waals surface area (Å²) in [6, 6.07) is 10.9. The molecular formula is C36H38Br2N4O12S6. The molecule has 2 aromatic carbocycles. The van der Waals surface area contributed by atoms with E-state index in [2.05, 4.69) is 31.9 Å². The van der Waals surface area contributed by atoms with Gasteiger partial charge in [-0.15, -0.1) is 0 Å². The first-order chi connectivity index (χ1) is 28.0. The maximum absolute atomic E-state index is 13.1. The lowest BCUT2D eigenvalue weighted by Crippen LogP contribution is -2.33. The lowest BCUT2D eigenvalue weighted by molar-refractivity contribution is -0.134. The highest BCUT2D eigenvalue weighted by molar-refractivity contribution is 9.10. The van der Waals surface area contributed by atoms with E-state index in [1.165, 1.54) is 0 Å². The second-order valence-electron chi connectivity index (χ2n) is 13.1. The van der Waals surface area contributed by atoms with Crippen molar-refractivity contribution in [3.05, 3.63) is 66.3 Å². The van der Waals surface area contributed by atoms with Crippen molar-refractivity contribution in [3.63, 3.8) is 0 Å². The topological polar surface area (TPSA) is 227 Å². The fourth-order valence-electron chi connectivity index (χ4n) is 6.02. The number of benzene rings is 2. The van der Waals surface area contributed by atoms with Crippen molar-refractivity contribution in [2.75, 3.05) is 47.5 Å². The molecule has 60 heavy (non-hydrogen) atoms. The van der Waals surface area contributed by atoms with Crippen LogP contribution in [0.4, 0.5) is 11.4 Å². The van der Waals surface area contributed by atoms with Crippen LogP contribution < -0.4 is 9.80 Å². The highest BCUT2D eigenvalue weighted by Crippen LogP contribution is 2.47. The number of hydrogen-bond donors (Lipinski definition) is 3. The Kier molecular flexibility index (Phi) is 17.2. The van der Waals surface area contributed by atoms with Crippen molar-refractivity contribution in [2.24, 2.45) is 0 Å². The molecule has 0 unspecified atom stereocenters. The molecule has 6 rings (SSSR count). The van der Waals surface area contributed by atoms with Gasteiger partial charge in [-0.3, -0.25) is 42.9 Å². The highest BCUT2D eigenvalue weighted by atomic mass is 79.9. The number of rotatable bonds is 12. The Morgan fingerprint density at radius 3 is 1.27 bits per heavy atom. The molecule has 3 N–H and O–H groups in total. The van der Waals surface area contributed by atoms with Crippen molar-refractivity contribution >= 4 is 161 Å². The first-order valence-electron chi connectivity index (χ1n) is 17.9. The Balaban J connectivity index is 0.000000243. The molecule has 4 amide bonds. The fourth-order valence-corrected chi connectivity index (χ4v) is 10.3. The van der Waals surface area contributed by atoms with Gasteiger partial charge in [0, 0.05) is 53.2 Å². The third-order valence-electron chi connectivity index (χ3n) is 8.72. The Morgan fingerprint density at radius 1 is 0.633 bits per heavy atom. The van der Waals surface area contributed by atoms with Gasteiger partial charge < -0.3 is 14.9 Å². The van der Waals surface area contributed by atoms with Crippen LogP contribution in [0.25, 0.3) is 11.1 Å². The van der Waals surface area contributed by atoms with E-state index in [0.717, 1.165) is 86.3 Å². The lowest BCUT2D eigenvalue weighted by atomic mass is 10.1. The fraction of sp³-hybridized carbons (Fsp3) is 0.361. The number of thioether (sulfide) groups is 2. The number of anilines is 2. The summed E-state index contributed by atoms with van der Waals surface area (Å²) in [4.78, 5) is 66.9. The molecule has 4 aliphatic rings. The standard InChI is InChI=1S/2C17H17BrN2O5S3.C2H4O2/c2*1-2-3-6-19-12-5-4-10(18)9-11(12)13(15(19)21)14-16(22)20(17(26)27-14)7-8-28(23,24)25;1-2(3)4/h2*4-5,9H,2-3,6-8H2,1H3,(H,23,24,25);1H3,(H,3,4)/b2*14-13-;. The number of carboxylic acids is 1. The van der Waals surface area contributed by atoms with Crippen LogP contribution in [0.5, 0.6) is 0 Å². The monoisotopic (exact) mass is 1070 g/mol. The van der Waals surface area contributed by atoms with Crippen molar-refractivity contribution in [2.45, 2.75) is 46.5 Å². The van der Waals surface area contributed by atoms with Crippen molar-refractivity contribution in [1.29, 1.82) is 0 Å². The smallest absolute Gasteiger partial charge is 0.300 e. The van der Waals surface area contributed by atoms with Gasteiger partial charge >= 0.3 is 0 Å². The van der Waals surface area contributed by atoms with E-state index in [1.807, 2.05) is 38.1 Å². The van der Waals surface area contributed by atoms with Gasteiger partial charge in [-0.25, -0.2) is 0 Å². The van der Waals surface area contributed by atoms with Crippen LogP contribution in [0.3, 0.4) is 0 Å². The van der Waals surface area contributed by atoms with E-state index >= 15 is 0 Å². The average molecular weight is 1070 g/mol. The van der Waals surface area contributed by atoms with Gasteiger partial charge in [0.25, 0.3) is 49.8 Å². The minimum Gasteiger partial charge on any atom is -0.481 e. The van der Waals surface area contributed by atoms with Gasteiger partial charge in [0.1, 0.15) is 8.64 Å². The van der Waals surface area contributed by atoms with Crippen LogP contribution in [0.2, 0.25) is 0 Å². The quantitative estimate of drug-likeness (QED) is 0.122. The molecule has 16 nitrogen and oxygen atoms in total. The number of carbonyl (C=O) groups is 5. The summed E-state index contributed by atoms with van der Waals surface area (Å²) in [5, 5.41) is 7.42. The SMILES string of the molecule is CC(=O)O.CCCCN1C(=O)/C(=C2\SC(=S)N(CCS(=O)(=O)O)C2=O)c2cc(Br)ccc21.CCCCN1C(=O)/C(=C2\SC(=S)N(CCS(=O)(=O)O)C2=O)c2cc(Br)ccc21. The molecule has 0 bridgehead atoms. The predicted octanol–water partition coefficient (Wildman–Crippen LogP) is 6.20. The van der Waals surface area contributed by atoms with Crippen LogP contribution in [0, 0.1) is 0 Å². The second kappa shape index (κ2) is 20.9. The van der Waals surface area contributed by atoms with Gasteiger partial charge in [-0.05, 0) is 49.2 Å². The molecule has 0 aromatic heterocycles. The lowest BCUT2D eigenvalue weighted by Gasteiger charge is -2.16. The zero-order valence-corrected chi connectivity index (χ0v) is 40.1. The molecule has 2 saturated heterocycles. The van der Waals surface area contributed by atoms with Crippen LogP contribution in [-0.4, -0.2) is 117 Å². The Bertz CT molecular complexity index is 2280. The maximum Gasteiger partial charge on any atom is 0.300 e. The first kappa shape index (κ1) is 49.6. The summed E-state index contributed by atoms with van der Waals surface area (Å²) in [5.74, 6) is -3.66. The molecule has 2 aromatic rings. The molecule has 0 radical (unpaired) electrons. The number of aliphatic carboxylic acids is 1. The van der Waals surface area contributed by atoms with Crippen LogP contribution in [0.15, 0.2) is 55.2 Å². The summed E-state index contributed by atoms with van der Waals surface area (Å²) in [6.07, 6.45) is 3.49. The summed E-state index contributed by atoms with van der Waals surface area (Å²) < 4.78 is 63.9. The van der Waals surface area contributed by atoms with E-state index in [9.17, 15) is 36.0 Å². The van der Waals surface area contributed by atoms with Gasteiger partial charge in [-0.1, -0.05) is 107 Å². The molecule has 0 saturated carbocycles. The minimum atomic E-state index is -4.24. The molecule has 4 aliphatic heterocycles. The normalized spacial score (nSPS) is 18.9. The number of fused-ring (bicyclic) bond motifs is 2. The molecule has 0 atom stereocenters. The Hall–Kier alpha value is -3.07. The van der Waals surface area contributed by atoms with Crippen molar-refractivity contribution in [1.82, 2.24) is 9.80 Å². The molecule has 0 aliphatic carbocycles. The van der Waals surface area contributed by atoms with E-state index in [1.54, 1.807) is 21.9 Å². The van der Waals surface area contributed by atoms with Crippen molar-refractivity contribution in [3.8, 4) is 0 Å². The number of unbranched alkanes of at least 4 members (excludes halogenated alkanes) is 2. The maximum atomic E-state index is 13.1. The Labute approximate surface area is 382 Å². The van der Waals surface area contributed by atoms with E-state index in [4.69, 9.17) is 43.4 Å². The molecule has 4 heterocycles. The van der Waals surface area contributed by atoms with Gasteiger partial charge in [0.15, 0.2) is 0 Å². The molecule has 324 valence electrons. The predicted molar refractivity (Wildman–Crippen MR) is 247 cm³/mol. The summed E-state index contributed by atoms with van der Waals surface area (Å²) in [6.45, 7) is 5.69. The Morgan fingerprint density at radius 2 is 0.967 bits per heavy atom. The number of carboxylic acid groups (broad SMARTS) is 1. The highest BCUT2D eigenvalue weighted by Gasteiger charge is 2.43. The zero-order valence-electron chi connectivity index (χ0n) is 32.0. The van der Waals surface area contributed by atoms with Crippen molar-refractivity contribution < 1.29 is 55.0 Å². The third-order valence-corrected chi connectivity index (χ3v) is 14.0. The number of carbonyl (C=O) groups excluding carboxylic acids is 4. The van der Waals surface area contributed by atoms with Crippen LogP contribution in [0.1, 0.15) is 57.6 Å². The summed E-state index contributed by atoms with van der Waals surface area (Å²) in [7, 11) is -8.48. The van der Waals surface area contributed by atoms with Gasteiger partial charge in [0.2, 0.25) is 0 Å². The number of thiocarbonyl (C=S) groups is 2. The number of halogens is 2. The molecule has 24 heteroatoms. The molecule has 2 fully saturated rings. The summed E-state index contributed by atoms with van der Waals surface area (Å²) >= 11 is 19.2. The third kappa shape index (κ3) is 12.1. The molecular weight excluding hydrogens is 1030 g/mol. The summed E-state index contributed by atoms with van der Waals surface area (Å²) in [5.41, 5.74) is 3.31. The van der Waals surface area contributed by atoms with E-state index in [-0.39, 0.29) is 54.5 Å². The van der Waals surface area contributed by atoms with Crippen LogP contribution in [-0.2, 0) is 44.2 Å². The second-order valence-corrected chi connectivity index (χ2v) is 21.4. The number of amides is 4. The van der Waals surface area contributed by atoms with Crippen LogP contribution >= 0.6 is 79.8 Å². The van der Waals surface area contributed by atoms with E-state index in [0.29, 0.717) is 24.2 Å². The zero-order chi connectivity index (χ0) is 44.9. The van der Waals surface area contributed by atoms with E-state index < -0.39 is 49.5 Å². The minimum absolute atomic E-state index is 0.160. The number of hydrogen-bond acceptors (Lipinski definition) is 13. The van der Waals surface area contributed by atoms with Gasteiger partial charge in [0.05, 0.1) is 43.8 Å².